The van der Waals surface area contributed by atoms with E-state index in [0.717, 1.165) is 17.7 Å². The van der Waals surface area contributed by atoms with Gasteiger partial charge < -0.3 is 10.1 Å². The van der Waals surface area contributed by atoms with Crippen LogP contribution in [0.1, 0.15) is 23.2 Å². The van der Waals surface area contributed by atoms with Crippen molar-refractivity contribution in [3.63, 3.8) is 0 Å². The van der Waals surface area contributed by atoms with Crippen molar-refractivity contribution in [1.29, 1.82) is 0 Å². The summed E-state index contributed by atoms with van der Waals surface area (Å²) in [6.45, 7) is -0.210. The van der Waals surface area contributed by atoms with Crippen LogP contribution in [0.4, 0.5) is 0 Å². The van der Waals surface area contributed by atoms with Crippen molar-refractivity contribution < 1.29 is 14.3 Å². The van der Waals surface area contributed by atoms with Gasteiger partial charge in [0.15, 0.2) is 6.61 Å². The summed E-state index contributed by atoms with van der Waals surface area (Å²) in [4.78, 5) is 24.1. The molecule has 1 aromatic rings. The number of rotatable bonds is 5. The van der Waals surface area contributed by atoms with Crippen molar-refractivity contribution in [2.45, 2.75) is 23.8 Å². The number of carbonyl (C=O) groups excluding carboxylic acids is 2. The molecule has 0 aliphatic heterocycles. The molecule has 1 saturated carbocycles. The van der Waals surface area contributed by atoms with E-state index in [9.17, 15) is 9.59 Å². The molecule has 18 heavy (non-hydrogen) atoms. The Labute approximate surface area is 110 Å². The largest absolute Gasteiger partial charge is 0.452 e. The molecule has 2 rings (SSSR count). The molecular formula is C13H15NO3S. The fraction of sp³-hybridized carbons (Fsp3) is 0.385. The minimum absolute atomic E-state index is 0.210. The van der Waals surface area contributed by atoms with Crippen LogP contribution < -0.4 is 5.32 Å². The zero-order valence-corrected chi connectivity index (χ0v) is 11.0. The first-order chi connectivity index (χ1) is 8.70. The van der Waals surface area contributed by atoms with E-state index < -0.39 is 5.97 Å². The van der Waals surface area contributed by atoms with Crippen molar-refractivity contribution in [2.24, 2.45) is 0 Å². The second kappa shape index (κ2) is 5.91. The summed E-state index contributed by atoms with van der Waals surface area (Å²) in [5.41, 5.74) is 0.504. The molecule has 1 aromatic carbocycles. The molecule has 1 aliphatic rings. The highest BCUT2D eigenvalue weighted by molar-refractivity contribution is 7.98. The second-order valence-corrected chi connectivity index (χ2v) is 4.97. The van der Waals surface area contributed by atoms with E-state index in [-0.39, 0.29) is 18.6 Å². The van der Waals surface area contributed by atoms with Crippen molar-refractivity contribution in [3.05, 3.63) is 29.8 Å². The van der Waals surface area contributed by atoms with Gasteiger partial charge in [0.25, 0.3) is 5.91 Å². The van der Waals surface area contributed by atoms with Crippen molar-refractivity contribution in [3.8, 4) is 0 Å². The van der Waals surface area contributed by atoms with Crippen LogP contribution in [-0.4, -0.2) is 30.8 Å². The summed E-state index contributed by atoms with van der Waals surface area (Å²) in [5.74, 6) is -0.682. The van der Waals surface area contributed by atoms with Crippen LogP contribution in [-0.2, 0) is 9.53 Å². The predicted molar refractivity (Wildman–Crippen MR) is 69.7 cm³/mol. The summed E-state index contributed by atoms with van der Waals surface area (Å²) in [5, 5.41) is 2.77. The minimum Gasteiger partial charge on any atom is -0.452 e. The normalized spacial score (nSPS) is 14.1. The molecule has 0 saturated heterocycles. The third-order valence-corrected chi connectivity index (χ3v) is 3.40. The van der Waals surface area contributed by atoms with E-state index in [4.69, 9.17) is 4.74 Å². The number of amides is 1. The fourth-order valence-electron chi connectivity index (χ4n) is 1.52. The topological polar surface area (TPSA) is 55.4 Å². The van der Waals surface area contributed by atoms with Gasteiger partial charge in [-0.1, -0.05) is 12.1 Å². The second-order valence-electron chi connectivity index (χ2n) is 4.12. The van der Waals surface area contributed by atoms with Gasteiger partial charge in [0, 0.05) is 10.9 Å². The predicted octanol–water partition coefficient (Wildman–Crippen LogP) is 1.84. The van der Waals surface area contributed by atoms with Gasteiger partial charge in [-0.2, -0.15) is 0 Å². The van der Waals surface area contributed by atoms with Crippen molar-refractivity contribution in [2.75, 3.05) is 12.9 Å². The van der Waals surface area contributed by atoms with Gasteiger partial charge in [-0.15, -0.1) is 11.8 Å². The highest BCUT2D eigenvalue weighted by atomic mass is 32.2. The van der Waals surface area contributed by atoms with Crippen LogP contribution in [0.2, 0.25) is 0 Å². The van der Waals surface area contributed by atoms with Crippen LogP contribution in [0.25, 0.3) is 0 Å². The zero-order chi connectivity index (χ0) is 13.0. The van der Waals surface area contributed by atoms with E-state index in [2.05, 4.69) is 5.32 Å². The Hall–Kier alpha value is -1.49. The highest BCUT2D eigenvalue weighted by Gasteiger charge is 2.23. The Morgan fingerprint density at radius 1 is 1.39 bits per heavy atom. The summed E-state index contributed by atoms with van der Waals surface area (Å²) in [6.07, 6.45) is 3.94. The third kappa shape index (κ3) is 3.50. The van der Waals surface area contributed by atoms with Gasteiger partial charge in [-0.3, -0.25) is 4.79 Å². The number of hydrogen-bond acceptors (Lipinski definition) is 4. The van der Waals surface area contributed by atoms with Gasteiger partial charge in [-0.25, -0.2) is 4.79 Å². The Balaban J connectivity index is 1.88. The highest BCUT2D eigenvalue weighted by Crippen LogP contribution is 2.21. The van der Waals surface area contributed by atoms with Gasteiger partial charge in [-0.05, 0) is 31.2 Å². The number of benzene rings is 1. The van der Waals surface area contributed by atoms with E-state index in [1.165, 1.54) is 11.8 Å². The maximum atomic E-state index is 11.8. The molecule has 1 aliphatic carbocycles. The molecule has 0 unspecified atom stereocenters. The molecule has 1 N–H and O–H groups in total. The molecule has 1 amide bonds. The summed E-state index contributed by atoms with van der Waals surface area (Å²) >= 11 is 1.48. The molecular weight excluding hydrogens is 250 g/mol. The molecule has 96 valence electrons. The summed E-state index contributed by atoms with van der Waals surface area (Å²) in [6, 6.07) is 7.48. The first-order valence-corrected chi connectivity index (χ1v) is 7.02. The Morgan fingerprint density at radius 2 is 2.11 bits per heavy atom. The zero-order valence-electron chi connectivity index (χ0n) is 10.1. The molecule has 5 heteroatoms. The van der Waals surface area contributed by atoms with Gasteiger partial charge >= 0.3 is 5.97 Å². The standard InChI is InChI=1S/C13H15NO3S/c1-18-11-5-3-2-4-10(11)13(16)17-8-12(15)14-9-6-7-9/h2-5,9H,6-8H2,1H3,(H,14,15). The van der Waals surface area contributed by atoms with E-state index >= 15 is 0 Å². The molecule has 0 spiro atoms. The molecule has 1 fully saturated rings. The summed E-state index contributed by atoms with van der Waals surface area (Å²) < 4.78 is 5.00. The number of ether oxygens (including phenoxy) is 1. The van der Waals surface area contributed by atoms with E-state index in [0.29, 0.717) is 5.56 Å². The van der Waals surface area contributed by atoms with Crippen molar-refractivity contribution in [1.82, 2.24) is 5.32 Å². The average molecular weight is 265 g/mol. The average Bonchev–Trinajstić information content (AvgIpc) is 3.19. The minimum atomic E-state index is -0.453. The molecule has 0 atom stereocenters. The molecule has 4 nitrogen and oxygen atoms in total. The van der Waals surface area contributed by atoms with Gasteiger partial charge in [0.1, 0.15) is 0 Å². The van der Waals surface area contributed by atoms with Crippen LogP contribution >= 0.6 is 11.8 Å². The Bertz CT molecular complexity index is 457. The van der Waals surface area contributed by atoms with Crippen LogP contribution in [0.15, 0.2) is 29.2 Å². The first-order valence-electron chi connectivity index (χ1n) is 5.80. The third-order valence-electron chi connectivity index (χ3n) is 2.60. The quantitative estimate of drug-likeness (QED) is 0.652. The van der Waals surface area contributed by atoms with E-state index in [1.807, 2.05) is 18.4 Å². The molecule has 0 aromatic heterocycles. The Kier molecular flexibility index (Phi) is 4.25. The molecule has 0 heterocycles. The maximum Gasteiger partial charge on any atom is 0.339 e. The number of nitrogens with one attached hydrogen (secondary N) is 1. The monoisotopic (exact) mass is 265 g/mol. The SMILES string of the molecule is CSc1ccccc1C(=O)OCC(=O)NC1CC1. The van der Waals surface area contributed by atoms with Crippen molar-refractivity contribution >= 4 is 23.6 Å². The van der Waals surface area contributed by atoms with Gasteiger partial charge in [0.2, 0.25) is 0 Å². The number of hydrogen-bond donors (Lipinski definition) is 1. The van der Waals surface area contributed by atoms with Crippen LogP contribution in [0.3, 0.4) is 0 Å². The lowest BCUT2D eigenvalue weighted by molar-refractivity contribution is -0.124. The van der Waals surface area contributed by atoms with Crippen LogP contribution in [0, 0.1) is 0 Å². The molecule has 0 radical (unpaired) electrons. The smallest absolute Gasteiger partial charge is 0.339 e. The lowest BCUT2D eigenvalue weighted by Gasteiger charge is -2.08. The van der Waals surface area contributed by atoms with Crippen LogP contribution in [0.5, 0.6) is 0 Å². The number of thioether (sulfide) groups is 1. The maximum absolute atomic E-state index is 11.8. The Morgan fingerprint density at radius 3 is 2.78 bits per heavy atom. The summed E-state index contributed by atoms with van der Waals surface area (Å²) in [7, 11) is 0. The first kappa shape index (κ1) is 13.0. The van der Waals surface area contributed by atoms with Gasteiger partial charge in [0.05, 0.1) is 5.56 Å². The fourth-order valence-corrected chi connectivity index (χ4v) is 2.11. The van der Waals surface area contributed by atoms with E-state index in [1.54, 1.807) is 12.1 Å². The lowest BCUT2D eigenvalue weighted by Crippen LogP contribution is -2.30. The molecule has 0 bridgehead atoms. The number of esters is 1. The lowest BCUT2D eigenvalue weighted by atomic mass is 10.2. The number of carbonyl (C=O) groups is 2.